The molecule has 1 atom stereocenters. The first-order valence-electron chi connectivity index (χ1n) is 10.7. The molecule has 0 spiro atoms. The van der Waals surface area contributed by atoms with Gasteiger partial charge in [0.25, 0.3) is 0 Å². The largest absolute Gasteiger partial charge is 0.444 e. The minimum atomic E-state index is -0.503. The van der Waals surface area contributed by atoms with Gasteiger partial charge in [0.2, 0.25) is 0 Å². The van der Waals surface area contributed by atoms with Crippen LogP contribution in [0.5, 0.6) is 0 Å². The van der Waals surface area contributed by atoms with Crippen molar-refractivity contribution in [3.05, 3.63) is 0 Å². The Morgan fingerprint density at radius 1 is 1.14 bits per heavy atom. The fraction of sp³-hybridized carbons (Fsp3) is 0.905. The SMILES string of the molecule is CN=C(NCCCCN1CCCCC1C)NCC(C)(C)NC(=O)OC(C)(C)C. The number of guanidine groups is 1. The lowest BCUT2D eigenvalue weighted by atomic mass is 10.0. The third-order valence-electron chi connectivity index (χ3n) is 4.87. The Morgan fingerprint density at radius 2 is 1.86 bits per heavy atom. The number of aliphatic imine (C=N–C) groups is 1. The van der Waals surface area contributed by atoms with Crippen LogP contribution in [-0.4, -0.2) is 67.4 Å². The van der Waals surface area contributed by atoms with Crippen LogP contribution in [0.15, 0.2) is 4.99 Å². The highest BCUT2D eigenvalue weighted by molar-refractivity contribution is 5.79. The first kappa shape index (κ1) is 24.5. The van der Waals surface area contributed by atoms with Crippen molar-refractivity contribution >= 4 is 12.1 Å². The minimum Gasteiger partial charge on any atom is -0.444 e. The van der Waals surface area contributed by atoms with E-state index in [4.69, 9.17) is 4.74 Å². The zero-order valence-electron chi connectivity index (χ0n) is 19.2. The molecule has 7 heteroatoms. The van der Waals surface area contributed by atoms with E-state index in [1.54, 1.807) is 7.05 Å². The molecule has 3 N–H and O–H groups in total. The van der Waals surface area contributed by atoms with E-state index >= 15 is 0 Å². The summed E-state index contributed by atoms with van der Waals surface area (Å²) in [6.45, 7) is 15.7. The molecule has 1 aliphatic rings. The number of ether oxygens (including phenoxy) is 1. The van der Waals surface area contributed by atoms with Gasteiger partial charge in [-0.15, -0.1) is 0 Å². The summed E-state index contributed by atoms with van der Waals surface area (Å²) in [6, 6.07) is 0.732. The van der Waals surface area contributed by atoms with Crippen LogP contribution < -0.4 is 16.0 Å². The molecule has 0 aliphatic carbocycles. The van der Waals surface area contributed by atoms with Crippen LogP contribution in [0.3, 0.4) is 0 Å². The monoisotopic (exact) mass is 397 g/mol. The second-order valence-corrected chi connectivity index (χ2v) is 9.45. The molecule has 1 unspecified atom stereocenters. The van der Waals surface area contributed by atoms with Gasteiger partial charge < -0.3 is 25.6 Å². The number of unbranched alkanes of at least 4 members (excludes halogenated alkanes) is 1. The van der Waals surface area contributed by atoms with E-state index < -0.39 is 17.2 Å². The second kappa shape index (κ2) is 11.5. The molecule has 1 rings (SSSR count). The Bertz CT molecular complexity index is 500. The number of piperidine rings is 1. The zero-order chi connectivity index (χ0) is 21.2. The summed E-state index contributed by atoms with van der Waals surface area (Å²) in [4.78, 5) is 18.9. The standard InChI is InChI=1S/C21H43N5O2/c1-17-12-8-10-14-26(17)15-11-9-13-23-18(22-7)24-16-21(5,6)25-19(27)28-20(2,3)4/h17H,8-16H2,1-7H3,(H,25,27)(H2,22,23,24). The van der Waals surface area contributed by atoms with Crippen LogP contribution in [0.4, 0.5) is 4.79 Å². The van der Waals surface area contributed by atoms with Gasteiger partial charge in [0, 0.05) is 26.2 Å². The van der Waals surface area contributed by atoms with E-state index in [2.05, 4.69) is 32.8 Å². The molecule has 28 heavy (non-hydrogen) atoms. The van der Waals surface area contributed by atoms with Crippen LogP contribution >= 0.6 is 0 Å². The van der Waals surface area contributed by atoms with Crippen LogP contribution in [-0.2, 0) is 4.74 Å². The number of hydrogen-bond donors (Lipinski definition) is 3. The molecular formula is C21H43N5O2. The predicted octanol–water partition coefficient (Wildman–Crippen LogP) is 3.11. The van der Waals surface area contributed by atoms with Gasteiger partial charge in [-0.1, -0.05) is 6.42 Å². The van der Waals surface area contributed by atoms with Crippen LogP contribution in [0.25, 0.3) is 0 Å². The number of rotatable bonds is 8. The summed E-state index contributed by atoms with van der Waals surface area (Å²) in [5, 5.41) is 9.54. The van der Waals surface area contributed by atoms with Gasteiger partial charge in [0.05, 0.1) is 5.54 Å². The molecule has 0 aromatic heterocycles. The number of hydrogen-bond acceptors (Lipinski definition) is 4. The van der Waals surface area contributed by atoms with Crippen molar-refractivity contribution in [2.45, 2.75) is 90.8 Å². The number of amides is 1. The van der Waals surface area contributed by atoms with E-state index in [9.17, 15) is 4.79 Å². The predicted molar refractivity (Wildman–Crippen MR) is 117 cm³/mol. The Morgan fingerprint density at radius 3 is 2.46 bits per heavy atom. The summed E-state index contributed by atoms with van der Waals surface area (Å²) in [5.41, 5.74) is -0.957. The molecule has 0 aromatic carbocycles. The van der Waals surface area contributed by atoms with Gasteiger partial charge >= 0.3 is 6.09 Å². The number of likely N-dealkylation sites (tertiary alicyclic amines) is 1. The highest BCUT2D eigenvalue weighted by Crippen LogP contribution is 2.16. The van der Waals surface area contributed by atoms with E-state index in [1.165, 1.54) is 38.8 Å². The Kier molecular flexibility index (Phi) is 10.1. The maximum atomic E-state index is 12.0. The number of alkyl carbamates (subject to hydrolysis) is 1. The first-order valence-corrected chi connectivity index (χ1v) is 10.7. The molecule has 1 heterocycles. The van der Waals surface area contributed by atoms with Gasteiger partial charge in [-0.25, -0.2) is 4.79 Å². The lowest BCUT2D eigenvalue weighted by molar-refractivity contribution is 0.0474. The smallest absolute Gasteiger partial charge is 0.408 e. The van der Waals surface area contributed by atoms with Gasteiger partial charge in [0.15, 0.2) is 5.96 Å². The van der Waals surface area contributed by atoms with E-state index in [0.29, 0.717) is 6.54 Å². The van der Waals surface area contributed by atoms with Crippen molar-refractivity contribution in [1.29, 1.82) is 0 Å². The Hall–Kier alpha value is -1.50. The average molecular weight is 398 g/mol. The van der Waals surface area contributed by atoms with Crippen molar-refractivity contribution in [1.82, 2.24) is 20.9 Å². The van der Waals surface area contributed by atoms with E-state index in [0.717, 1.165) is 25.0 Å². The molecule has 7 nitrogen and oxygen atoms in total. The van der Waals surface area contributed by atoms with Gasteiger partial charge in [-0.2, -0.15) is 0 Å². The van der Waals surface area contributed by atoms with Crippen molar-refractivity contribution < 1.29 is 9.53 Å². The summed E-state index contributed by atoms with van der Waals surface area (Å²) in [7, 11) is 1.76. The van der Waals surface area contributed by atoms with Crippen molar-refractivity contribution in [2.75, 3.05) is 33.2 Å². The van der Waals surface area contributed by atoms with Gasteiger partial charge in [-0.3, -0.25) is 4.99 Å². The maximum Gasteiger partial charge on any atom is 0.408 e. The van der Waals surface area contributed by atoms with E-state index in [1.807, 2.05) is 34.6 Å². The fourth-order valence-electron chi connectivity index (χ4n) is 3.29. The van der Waals surface area contributed by atoms with Crippen LogP contribution in [0.2, 0.25) is 0 Å². The molecule has 1 aliphatic heterocycles. The molecule has 0 bridgehead atoms. The molecule has 1 amide bonds. The highest BCUT2D eigenvalue weighted by atomic mass is 16.6. The molecule has 0 radical (unpaired) electrons. The molecule has 0 saturated carbocycles. The lowest BCUT2D eigenvalue weighted by Crippen LogP contribution is -2.54. The molecule has 0 aromatic rings. The quantitative estimate of drug-likeness (QED) is 0.333. The highest BCUT2D eigenvalue weighted by Gasteiger charge is 2.24. The number of nitrogens with zero attached hydrogens (tertiary/aromatic N) is 2. The molecule has 164 valence electrons. The Labute approximate surface area is 172 Å². The zero-order valence-corrected chi connectivity index (χ0v) is 19.2. The van der Waals surface area contributed by atoms with E-state index in [-0.39, 0.29) is 0 Å². The van der Waals surface area contributed by atoms with Crippen LogP contribution in [0.1, 0.15) is 73.6 Å². The molecule has 1 fully saturated rings. The molecule has 1 saturated heterocycles. The average Bonchev–Trinajstić information content (AvgIpc) is 2.56. The minimum absolute atomic E-state index is 0.408. The van der Waals surface area contributed by atoms with Crippen molar-refractivity contribution in [3.8, 4) is 0 Å². The summed E-state index contributed by atoms with van der Waals surface area (Å²) in [6.07, 6.45) is 5.95. The van der Waals surface area contributed by atoms with Crippen molar-refractivity contribution in [3.63, 3.8) is 0 Å². The normalized spacial score (nSPS) is 19.2. The molecular weight excluding hydrogens is 354 g/mol. The number of carbonyl (C=O) groups is 1. The Balaban J connectivity index is 2.24. The lowest BCUT2D eigenvalue weighted by Gasteiger charge is -2.33. The topological polar surface area (TPSA) is 78.0 Å². The third kappa shape index (κ3) is 10.7. The van der Waals surface area contributed by atoms with Gasteiger partial charge in [-0.05, 0) is 80.3 Å². The third-order valence-corrected chi connectivity index (χ3v) is 4.87. The summed E-state index contributed by atoms with van der Waals surface area (Å²) in [5.74, 6) is 0.755. The van der Waals surface area contributed by atoms with Gasteiger partial charge in [0.1, 0.15) is 5.60 Å². The second-order valence-electron chi connectivity index (χ2n) is 9.45. The van der Waals surface area contributed by atoms with Crippen molar-refractivity contribution in [2.24, 2.45) is 4.99 Å². The summed E-state index contributed by atoms with van der Waals surface area (Å²) >= 11 is 0. The summed E-state index contributed by atoms with van der Waals surface area (Å²) < 4.78 is 5.33. The first-order chi connectivity index (χ1) is 13.0. The maximum absolute atomic E-state index is 12.0. The fourth-order valence-corrected chi connectivity index (χ4v) is 3.29. The van der Waals surface area contributed by atoms with Crippen LogP contribution in [0, 0.1) is 0 Å². The number of carbonyl (C=O) groups excluding carboxylic acids is 1. The number of nitrogens with one attached hydrogen (secondary N) is 3.